The number of methoxy groups -OCH3 is 1. The summed E-state index contributed by atoms with van der Waals surface area (Å²) < 4.78 is 17.7. The fourth-order valence-corrected chi connectivity index (χ4v) is 2.32. The monoisotopic (exact) mass is 281 g/mol. The van der Waals surface area contributed by atoms with Crippen LogP contribution in [0.25, 0.3) is 0 Å². The lowest BCUT2D eigenvalue weighted by atomic mass is 10.2. The van der Waals surface area contributed by atoms with E-state index in [0.717, 1.165) is 44.8 Å². The molecule has 1 fully saturated rings. The van der Waals surface area contributed by atoms with Gasteiger partial charge >= 0.3 is 5.97 Å². The van der Waals surface area contributed by atoms with E-state index in [1.165, 1.54) is 19.4 Å². The Kier molecular flexibility index (Phi) is 5.43. The SMILES string of the molecule is COC(=O)CCN1CCN(Cc2cncc(F)c2)CC1. The van der Waals surface area contributed by atoms with E-state index in [2.05, 4.69) is 19.5 Å². The van der Waals surface area contributed by atoms with Gasteiger partial charge in [0.05, 0.1) is 19.7 Å². The molecule has 0 bridgehead atoms. The molecule has 1 aromatic rings. The Morgan fingerprint density at radius 1 is 1.30 bits per heavy atom. The van der Waals surface area contributed by atoms with Gasteiger partial charge in [0.25, 0.3) is 0 Å². The van der Waals surface area contributed by atoms with Gasteiger partial charge in [-0.2, -0.15) is 0 Å². The van der Waals surface area contributed by atoms with Gasteiger partial charge in [0.2, 0.25) is 0 Å². The first-order valence-corrected chi connectivity index (χ1v) is 6.78. The number of rotatable bonds is 5. The summed E-state index contributed by atoms with van der Waals surface area (Å²) >= 11 is 0. The Morgan fingerprint density at radius 3 is 2.65 bits per heavy atom. The lowest BCUT2D eigenvalue weighted by Gasteiger charge is -2.34. The van der Waals surface area contributed by atoms with Crippen LogP contribution in [0.2, 0.25) is 0 Å². The molecule has 6 heteroatoms. The normalized spacial score (nSPS) is 17.1. The highest BCUT2D eigenvalue weighted by Gasteiger charge is 2.17. The van der Waals surface area contributed by atoms with E-state index in [1.807, 2.05) is 0 Å². The summed E-state index contributed by atoms with van der Waals surface area (Å²) in [4.78, 5) is 19.5. The van der Waals surface area contributed by atoms with Gasteiger partial charge in [0.1, 0.15) is 5.82 Å². The van der Waals surface area contributed by atoms with Crippen LogP contribution in [0, 0.1) is 5.82 Å². The van der Waals surface area contributed by atoms with E-state index < -0.39 is 0 Å². The van der Waals surface area contributed by atoms with Crippen LogP contribution >= 0.6 is 0 Å². The maximum atomic E-state index is 13.1. The Balaban J connectivity index is 1.73. The van der Waals surface area contributed by atoms with Crippen molar-refractivity contribution in [2.45, 2.75) is 13.0 Å². The molecule has 0 amide bonds. The minimum atomic E-state index is -0.292. The van der Waals surface area contributed by atoms with E-state index in [9.17, 15) is 9.18 Å². The van der Waals surface area contributed by atoms with Gasteiger partial charge in [-0.25, -0.2) is 4.39 Å². The van der Waals surface area contributed by atoms with Crippen LogP contribution in [0.4, 0.5) is 4.39 Å². The summed E-state index contributed by atoms with van der Waals surface area (Å²) in [6.07, 6.45) is 3.35. The van der Waals surface area contributed by atoms with Crippen molar-refractivity contribution in [3.05, 3.63) is 29.8 Å². The molecule has 2 heterocycles. The van der Waals surface area contributed by atoms with Crippen LogP contribution < -0.4 is 0 Å². The second-order valence-electron chi connectivity index (χ2n) is 4.96. The Morgan fingerprint density at radius 2 is 2.00 bits per heavy atom. The van der Waals surface area contributed by atoms with Gasteiger partial charge < -0.3 is 9.64 Å². The summed E-state index contributed by atoms with van der Waals surface area (Å²) in [5.41, 5.74) is 0.896. The first-order chi connectivity index (χ1) is 9.67. The molecule has 0 aliphatic carbocycles. The molecule has 0 spiro atoms. The van der Waals surface area contributed by atoms with Crippen LogP contribution in [0.15, 0.2) is 18.5 Å². The third kappa shape index (κ3) is 4.54. The molecule has 1 aliphatic rings. The van der Waals surface area contributed by atoms with E-state index in [-0.39, 0.29) is 11.8 Å². The fraction of sp³-hybridized carbons (Fsp3) is 0.571. The molecule has 20 heavy (non-hydrogen) atoms. The molecular weight excluding hydrogens is 261 g/mol. The van der Waals surface area contributed by atoms with Crippen molar-refractivity contribution in [1.29, 1.82) is 0 Å². The first kappa shape index (κ1) is 14.9. The highest BCUT2D eigenvalue weighted by molar-refractivity contribution is 5.69. The third-order valence-corrected chi connectivity index (χ3v) is 3.49. The number of hydrogen-bond donors (Lipinski definition) is 0. The van der Waals surface area contributed by atoms with Crippen LogP contribution in [0.3, 0.4) is 0 Å². The minimum Gasteiger partial charge on any atom is -0.469 e. The van der Waals surface area contributed by atoms with Crippen LogP contribution in [0.1, 0.15) is 12.0 Å². The summed E-state index contributed by atoms with van der Waals surface area (Å²) in [5.74, 6) is -0.461. The molecule has 110 valence electrons. The topological polar surface area (TPSA) is 45.7 Å². The number of aromatic nitrogens is 1. The molecule has 0 aromatic carbocycles. The molecule has 1 aliphatic heterocycles. The number of carbonyl (C=O) groups is 1. The number of halogens is 1. The maximum absolute atomic E-state index is 13.1. The van der Waals surface area contributed by atoms with Crippen molar-refractivity contribution < 1.29 is 13.9 Å². The lowest BCUT2D eigenvalue weighted by Crippen LogP contribution is -2.46. The highest BCUT2D eigenvalue weighted by atomic mass is 19.1. The van der Waals surface area contributed by atoms with E-state index >= 15 is 0 Å². The predicted octanol–water partition coefficient (Wildman–Crippen LogP) is 0.901. The summed E-state index contributed by atoms with van der Waals surface area (Å²) in [6, 6.07) is 1.52. The smallest absolute Gasteiger partial charge is 0.306 e. The molecule has 2 rings (SSSR count). The first-order valence-electron chi connectivity index (χ1n) is 6.78. The molecule has 0 saturated carbocycles. The van der Waals surface area contributed by atoms with Crippen molar-refractivity contribution in [2.24, 2.45) is 0 Å². The number of piperazine rings is 1. The van der Waals surface area contributed by atoms with Crippen molar-refractivity contribution in [3.8, 4) is 0 Å². The number of carbonyl (C=O) groups excluding carboxylic acids is 1. The van der Waals surface area contributed by atoms with Gasteiger partial charge in [-0.3, -0.25) is 14.7 Å². The van der Waals surface area contributed by atoms with E-state index in [1.54, 1.807) is 6.20 Å². The van der Waals surface area contributed by atoms with Gasteiger partial charge in [0.15, 0.2) is 0 Å². The number of pyridine rings is 1. The average Bonchev–Trinajstić information content (AvgIpc) is 2.46. The molecule has 0 atom stereocenters. The zero-order chi connectivity index (χ0) is 14.4. The molecule has 0 N–H and O–H groups in total. The van der Waals surface area contributed by atoms with Crippen molar-refractivity contribution in [1.82, 2.24) is 14.8 Å². The second kappa shape index (κ2) is 7.31. The molecule has 1 saturated heterocycles. The minimum absolute atomic E-state index is 0.168. The maximum Gasteiger partial charge on any atom is 0.306 e. The van der Waals surface area contributed by atoms with E-state index in [4.69, 9.17) is 0 Å². The van der Waals surface area contributed by atoms with Crippen molar-refractivity contribution in [2.75, 3.05) is 39.8 Å². The summed E-state index contributed by atoms with van der Waals surface area (Å²) in [6.45, 7) is 5.12. The van der Waals surface area contributed by atoms with Crippen molar-refractivity contribution >= 4 is 5.97 Å². The largest absolute Gasteiger partial charge is 0.469 e. The predicted molar refractivity (Wildman–Crippen MR) is 72.5 cm³/mol. The summed E-state index contributed by atoms with van der Waals surface area (Å²) in [7, 11) is 1.41. The van der Waals surface area contributed by atoms with Crippen molar-refractivity contribution in [3.63, 3.8) is 0 Å². The van der Waals surface area contributed by atoms with Gasteiger partial charge in [-0.1, -0.05) is 0 Å². The number of nitrogens with zero attached hydrogens (tertiary/aromatic N) is 3. The zero-order valence-electron chi connectivity index (χ0n) is 11.7. The Hall–Kier alpha value is -1.53. The summed E-state index contributed by atoms with van der Waals surface area (Å²) in [5, 5.41) is 0. The lowest BCUT2D eigenvalue weighted by molar-refractivity contribution is -0.141. The second-order valence-corrected chi connectivity index (χ2v) is 4.96. The molecule has 1 aromatic heterocycles. The quantitative estimate of drug-likeness (QED) is 0.750. The van der Waals surface area contributed by atoms with E-state index in [0.29, 0.717) is 6.42 Å². The van der Waals surface area contributed by atoms with Gasteiger partial charge in [-0.15, -0.1) is 0 Å². The number of esters is 1. The van der Waals surface area contributed by atoms with Crippen LogP contribution in [0.5, 0.6) is 0 Å². The molecule has 0 radical (unpaired) electrons. The number of ether oxygens (including phenoxy) is 1. The molecular formula is C14H20FN3O2. The molecule has 0 unspecified atom stereocenters. The van der Waals surface area contributed by atoms with Crippen LogP contribution in [-0.2, 0) is 16.1 Å². The van der Waals surface area contributed by atoms with Gasteiger partial charge in [0, 0.05) is 45.5 Å². The fourth-order valence-electron chi connectivity index (χ4n) is 2.32. The Bertz CT molecular complexity index is 448. The Labute approximate surface area is 118 Å². The standard InChI is InChI=1S/C14H20FN3O2/c1-20-14(19)2-3-17-4-6-18(7-5-17)11-12-8-13(15)10-16-9-12/h8-10H,2-7,11H2,1H3. The molecule has 5 nitrogen and oxygen atoms in total. The third-order valence-electron chi connectivity index (χ3n) is 3.49. The highest BCUT2D eigenvalue weighted by Crippen LogP contribution is 2.09. The van der Waals surface area contributed by atoms with Gasteiger partial charge in [-0.05, 0) is 11.6 Å². The van der Waals surface area contributed by atoms with Crippen LogP contribution in [-0.4, -0.2) is 60.6 Å². The number of hydrogen-bond acceptors (Lipinski definition) is 5. The zero-order valence-corrected chi connectivity index (χ0v) is 11.7. The average molecular weight is 281 g/mol.